The first-order valence-corrected chi connectivity index (χ1v) is 8.30. The van der Waals surface area contributed by atoms with E-state index in [1.165, 1.54) is 11.1 Å². The van der Waals surface area contributed by atoms with Crippen molar-refractivity contribution in [1.29, 1.82) is 0 Å². The molecular weight excluding hydrogens is 331 g/mol. The van der Waals surface area contributed by atoms with Crippen molar-refractivity contribution in [3.63, 3.8) is 0 Å². The summed E-state index contributed by atoms with van der Waals surface area (Å²) in [5, 5.41) is 9.53. The molecule has 0 atom stereocenters. The van der Waals surface area contributed by atoms with Gasteiger partial charge in [0.25, 0.3) is 5.95 Å². The maximum absolute atomic E-state index is 13.6. The smallest absolute Gasteiger partial charge is 0.260 e. The molecule has 7 heteroatoms. The van der Waals surface area contributed by atoms with Crippen LogP contribution in [0.3, 0.4) is 0 Å². The quantitative estimate of drug-likeness (QED) is 0.600. The van der Waals surface area contributed by atoms with Crippen molar-refractivity contribution in [2.24, 2.45) is 0 Å². The van der Waals surface area contributed by atoms with Crippen LogP contribution < -0.4 is 0 Å². The summed E-state index contributed by atoms with van der Waals surface area (Å²) in [5.74, 6) is -0.633. The maximum Gasteiger partial charge on any atom is 0.260 e. The van der Waals surface area contributed by atoms with E-state index in [1.807, 2.05) is 16.8 Å². The van der Waals surface area contributed by atoms with Gasteiger partial charge in [-0.15, -0.1) is 5.10 Å². The third-order valence-corrected chi connectivity index (χ3v) is 4.34. The predicted octanol–water partition coefficient (Wildman–Crippen LogP) is 3.42. The van der Waals surface area contributed by atoms with Crippen LogP contribution >= 0.6 is 0 Å². The molecule has 0 saturated carbocycles. The van der Waals surface area contributed by atoms with Gasteiger partial charge in [-0.05, 0) is 36.6 Å². The molecule has 4 aromatic rings. The molecule has 4 rings (SSSR count). The summed E-state index contributed by atoms with van der Waals surface area (Å²) in [5.41, 5.74) is 4.80. The van der Waals surface area contributed by atoms with Crippen molar-refractivity contribution >= 4 is 0 Å². The van der Waals surface area contributed by atoms with Crippen LogP contribution in [-0.4, -0.2) is 29.9 Å². The summed E-state index contributed by atoms with van der Waals surface area (Å²) in [7, 11) is 0. The number of H-pyrrole nitrogens is 1. The van der Waals surface area contributed by atoms with Crippen LogP contribution in [0.4, 0.5) is 4.39 Å². The van der Waals surface area contributed by atoms with E-state index in [0.29, 0.717) is 11.3 Å². The SMILES string of the molecule is Cc1ccccc1CCn1cnc(-c2cc(-c3n[nH]nc3F)ccn2)c1. The highest BCUT2D eigenvalue weighted by molar-refractivity contribution is 5.65. The minimum atomic E-state index is -0.633. The fourth-order valence-electron chi connectivity index (χ4n) is 2.87. The number of aromatic amines is 1. The molecule has 6 nitrogen and oxygen atoms in total. The monoisotopic (exact) mass is 348 g/mol. The summed E-state index contributed by atoms with van der Waals surface area (Å²) < 4.78 is 15.7. The number of halogens is 1. The number of benzene rings is 1. The normalized spacial score (nSPS) is 11.0. The van der Waals surface area contributed by atoms with Gasteiger partial charge in [0.1, 0.15) is 11.4 Å². The second-order valence-electron chi connectivity index (χ2n) is 6.07. The Balaban J connectivity index is 1.53. The van der Waals surface area contributed by atoms with Crippen molar-refractivity contribution in [2.45, 2.75) is 19.9 Å². The first-order valence-electron chi connectivity index (χ1n) is 8.30. The van der Waals surface area contributed by atoms with Crippen LogP contribution in [0, 0.1) is 12.9 Å². The zero-order valence-electron chi connectivity index (χ0n) is 14.2. The predicted molar refractivity (Wildman–Crippen MR) is 95.7 cm³/mol. The number of aromatic nitrogens is 6. The molecule has 1 aromatic carbocycles. The summed E-state index contributed by atoms with van der Waals surface area (Å²) in [6.45, 7) is 2.95. The summed E-state index contributed by atoms with van der Waals surface area (Å²) in [6.07, 6.45) is 6.29. The Morgan fingerprint density at radius 2 is 1.96 bits per heavy atom. The van der Waals surface area contributed by atoms with Crippen molar-refractivity contribution in [3.8, 4) is 22.6 Å². The number of hydrogen-bond donors (Lipinski definition) is 1. The lowest BCUT2D eigenvalue weighted by atomic mass is 10.1. The van der Waals surface area contributed by atoms with Crippen molar-refractivity contribution < 1.29 is 4.39 Å². The topological polar surface area (TPSA) is 72.3 Å². The first-order chi connectivity index (χ1) is 12.7. The van der Waals surface area contributed by atoms with Crippen LogP contribution in [0.1, 0.15) is 11.1 Å². The highest BCUT2D eigenvalue weighted by Crippen LogP contribution is 2.23. The van der Waals surface area contributed by atoms with Crippen molar-refractivity contribution in [1.82, 2.24) is 29.9 Å². The Bertz CT molecular complexity index is 1040. The molecule has 0 amide bonds. The second-order valence-corrected chi connectivity index (χ2v) is 6.07. The van der Waals surface area contributed by atoms with E-state index in [0.717, 1.165) is 18.7 Å². The Morgan fingerprint density at radius 1 is 1.08 bits per heavy atom. The van der Waals surface area contributed by atoms with Gasteiger partial charge in [-0.3, -0.25) is 4.98 Å². The number of hydrogen-bond acceptors (Lipinski definition) is 4. The molecule has 0 spiro atoms. The molecule has 0 saturated heterocycles. The van der Waals surface area contributed by atoms with Crippen LogP contribution in [0.25, 0.3) is 22.6 Å². The molecule has 3 heterocycles. The Hall–Kier alpha value is -3.35. The first kappa shape index (κ1) is 16.1. The van der Waals surface area contributed by atoms with Crippen LogP contribution in [-0.2, 0) is 13.0 Å². The molecular formula is C19H17FN6. The minimum absolute atomic E-state index is 0.174. The number of aryl methyl sites for hydroxylation is 3. The molecule has 0 aliphatic rings. The van der Waals surface area contributed by atoms with Gasteiger partial charge < -0.3 is 4.57 Å². The van der Waals surface area contributed by atoms with E-state index in [1.54, 1.807) is 24.7 Å². The lowest BCUT2D eigenvalue weighted by Crippen LogP contribution is -1.99. The molecule has 3 aromatic heterocycles. The van der Waals surface area contributed by atoms with E-state index in [-0.39, 0.29) is 5.69 Å². The molecule has 0 aliphatic heterocycles. The number of rotatable bonds is 5. The van der Waals surface area contributed by atoms with Gasteiger partial charge in [0.15, 0.2) is 0 Å². The Morgan fingerprint density at radius 3 is 2.77 bits per heavy atom. The average Bonchev–Trinajstić information content (AvgIpc) is 3.30. The number of nitrogens with one attached hydrogen (secondary N) is 1. The van der Waals surface area contributed by atoms with Crippen LogP contribution in [0.2, 0.25) is 0 Å². The molecule has 0 aliphatic carbocycles. The van der Waals surface area contributed by atoms with E-state index < -0.39 is 5.95 Å². The average molecular weight is 348 g/mol. The summed E-state index contributed by atoms with van der Waals surface area (Å²) in [6, 6.07) is 11.8. The second kappa shape index (κ2) is 6.87. The molecule has 130 valence electrons. The van der Waals surface area contributed by atoms with Crippen LogP contribution in [0.15, 0.2) is 55.1 Å². The maximum atomic E-state index is 13.6. The largest absolute Gasteiger partial charge is 0.336 e. The zero-order valence-corrected chi connectivity index (χ0v) is 14.2. The third-order valence-electron chi connectivity index (χ3n) is 4.34. The molecule has 0 unspecified atom stereocenters. The van der Waals surface area contributed by atoms with E-state index >= 15 is 0 Å². The fraction of sp³-hybridized carbons (Fsp3) is 0.158. The molecule has 1 N–H and O–H groups in total. The van der Waals surface area contributed by atoms with E-state index in [2.05, 4.69) is 50.5 Å². The summed E-state index contributed by atoms with van der Waals surface area (Å²) in [4.78, 5) is 8.77. The Kier molecular flexibility index (Phi) is 4.27. The summed E-state index contributed by atoms with van der Waals surface area (Å²) >= 11 is 0. The van der Waals surface area contributed by atoms with Gasteiger partial charge in [-0.2, -0.15) is 14.7 Å². The van der Waals surface area contributed by atoms with Gasteiger partial charge in [0.2, 0.25) is 0 Å². The molecule has 0 bridgehead atoms. The Labute approximate surface area is 149 Å². The number of pyridine rings is 1. The van der Waals surface area contributed by atoms with Gasteiger partial charge in [-0.1, -0.05) is 24.3 Å². The van der Waals surface area contributed by atoms with Crippen molar-refractivity contribution in [2.75, 3.05) is 0 Å². The number of nitrogens with zero attached hydrogens (tertiary/aromatic N) is 5. The third kappa shape index (κ3) is 3.23. The number of imidazole rings is 1. The van der Waals surface area contributed by atoms with Gasteiger partial charge >= 0.3 is 0 Å². The van der Waals surface area contributed by atoms with Gasteiger partial charge in [0.05, 0.1) is 12.0 Å². The van der Waals surface area contributed by atoms with E-state index in [4.69, 9.17) is 0 Å². The highest BCUT2D eigenvalue weighted by atomic mass is 19.1. The van der Waals surface area contributed by atoms with E-state index in [9.17, 15) is 4.39 Å². The fourth-order valence-corrected chi connectivity index (χ4v) is 2.87. The van der Waals surface area contributed by atoms with Gasteiger partial charge in [-0.25, -0.2) is 4.98 Å². The lowest BCUT2D eigenvalue weighted by Gasteiger charge is -2.05. The van der Waals surface area contributed by atoms with Crippen molar-refractivity contribution in [3.05, 3.63) is 72.2 Å². The highest BCUT2D eigenvalue weighted by Gasteiger charge is 2.12. The molecule has 26 heavy (non-hydrogen) atoms. The minimum Gasteiger partial charge on any atom is -0.336 e. The lowest BCUT2D eigenvalue weighted by molar-refractivity contribution is 0.581. The molecule has 0 fully saturated rings. The van der Waals surface area contributed by atoms with Gasteiger partial charge in [0, 0.05) is 24.5 Å². The standard InChI is InChI=1S/C19H17FN6/c1-13-4-2-3-5-14(13)7-9-26-11-17(22-12-26)16-10-15(6-8-21-16)18-19(20)24-25-23-18/h2-6,8,10-12H,7,9H2,1H3,(H,23,24,25). The molecule has 0 radical (unpaired) electrons. The zero-order chi connectivity index (χ0) is 17.9. The van der Waals surface area contributed by atoms with Crippen LogP contribution in [0.5, 0.6) is 0 Å².